The first-order valence-corrected chi connectivity index (χ1v) is 10.9. The van der Waals surface area contributed by atoms with E-state index >= 15 is 0 Å². The zero-order valence-corrected chi connectivity index (χ0v) is 19.3. The molecule has 0 saturated heterocycles. The molecule has 3 aromatic carbocycles. The predicted octanol–water partition coefficient (Wildman–Crippen LogP) is 4.49. The van der Waals surface area contributed by atoms with E-state index in [0.717, 1.165) is 5.56 Å². The van der Waals surface area contributed by atoms with Gasteiger partial charge in [0.15, 0.2) is 11.5 Å². The van der Waals surface area contributed by atoms with Crippen molar-refractivity contribution in [3.05, 3.63) is 89.6 Å². The molecule has 1 heterocycles. The summed E-state index contributed by atoms with van der Waals surface area (Å²) >= 11 is 0. The highest BCUT2D eigenvalue weighted by Crippen LogP contribution is 2.33. The summed E-state index contributed by atoms with van der Waals surface area (Å²) in [4.78, 5) is 28.2. The van der Waals surface area contributed by atoms with Crippen LogP contribution in [-0.4, -0.2) is 37.5 Å². The van der Waals surface area contributed by atoms with E-state index < -0.39 is 5.91 Å². The third-order valence-corrected chi connectivity index (χ3v) is 5.43. The van der Waals surface area contributed by atoms with Crippen molar-refractivity contribution in [2.24, 2.45) is 0 Å². The molecule has 0 radical (unpaired) electrons. The molecule has 174 valence electrons. The Morgan fingerprint density at radius 2 is 1.59 bits per heavy atom. The number of carbonyl (C=O) groups is 2. The Morgan fingerprint density at radius 1 is 0.824 bits per heavy atom. The number of benzene rings is 3. The number of hydrogen-bond acceptors (Lipinski definition) is 6. The molecule has 7 nitrogen and oxygen atoms in total. The molecule has 0 aromatic heterocycles. The lowest BCUT2D eigenvalue weighted by atomic mass is 10.0. The fourth-order valence-electron chi connectivity index (χ4n) is 3.84. The van der Waals surface area contributed by atoms with Gasteiger partial charge in [-0.2, -0.15) is 0 Å². The van der Waals surface area contributed by atoms with Gasteiger partial charge < -0.3 is 19.5 Å². The topological polar surface area (TPSA) is 77.1 Å². The fourth-order valence-corrected chi connectivity index (χ4v) is 3.84. The number of methoxy groups -OCH3 is 2. The number of ether oxygens (including phenoxy) is 3. The van der Waals surface area contributed by atoms with E-state index in [1.165, 1.54) is 4.90 Å². The lowest BCUT2D eigenvalue weighted by Crippen LogP contribution is -2.32. The van der Waals surface area contributed by atoms with Crippen molar-refractivity contribution >= 4 is 23.1 Å². The van der Waals surface area contributed by atoms with Crippen molar-refractivity contribution in [1.29, 1.82) is 0 Å². The van der Waals surface area contributed by atoms with E-state index in [1.807, 2.05) is 55.5 Å². The molecule has 1 aliphatic rings. The molecule has 0 saturated carbocycles. The number of amides is 2. The standard InChI is InChI=1S/C27H26N2O5/c1-4-34-21-12-8-11-20(16-21)28-25-24(19-9-6-5-7-10-19)26(30)29(27(25)31)17-18-13-14-22(32-2)23(15-18)33-3/h5-16,28H,4,17H2,1-3H3. The van der Waals surface area contributed by atoms with Crippen molar-refractivity contribution in [3.8, 4) is 17.2 Å². The number of imide groups is 1. The quantitative estimate of drug-likeness (QED) is 0.476. The number of rotatable bonds is 9. The summed E-state index contributed by atoms with van der Waals surface area (Å²) in [5.41, 5.74) is 2.62. The van der Waals surface area contributed by atoms with E-state index in [-0.39, 0.29) is 18.1 Å². The van der Waals surface area contributed by atoms with Crippen molar-refractivity contribution < 1.29 is 23.8 Å². The number of carbonyl (C=O) groups excluding carboxylic acids is 2. The maximum absolute atomic E-state index is 13.5. The van der Waals surface area contributed by atoms with Gasteiger partial charge in [0, 0.05) is 11.8 Å². The SMILES string of the molecule is CCOc1cccc(NC2=C(c3ccccc3)C(=O)N(Cc3ccc(OC)c(OC)c3)C2=O)c1. The third kappa shape index (κ3) is 4.59. The Labute approximate surface area is 198 Å². The molecule has 1 N–H and O–H groups in total. The van der Waals surface area contributed by atoms with Crippen LogP contribution >= 0.6 is 0 Å². The molecular weight excluding hydrogens is 432 g/mol. The molecular formula is C27H26N2O5. The van der Waals surface area contributed by atoms with Crippen LogP contribution in [0.1, 0.15) is 18.1 Å². The molecule has 1 aliphatic heterocycles. The molecule has 4 rings (SSSR count). The summed E-state index contributed by atoms with van der Waals surface area (Å²) in [5.74, 6) is 1.01. The second-order valence-corrected chi connectivity index (χ2v) is 7.59. The first-order chi connectivity index (χ1) is 16.5. The first-order valence-electron chi connectivity index (χ1n) is 10.9. The van der Waals surface area contributed by atoms with Crippen LogP contribution in [0.25, 0.3) is 5.57 Å². The van der Waals surface area contributed by atoms with Crippen LogP contribution < -0.4 is 19.5 Å². The van der Waals surface area contributed by atoms with Gasteiger partial charge in [0.1, 0.15) is 11.4 Å². The smallest absolute Gasteiger partial charge is 0.278 e. The van der Waals surface area contributed by atoms with E-state index in [9.17, 15) is 9.59 Å². The van der Waals surface area contributed by atoms with E-state index in [0.29, 0.717) is 40.7 Å². The van der Waals surface area contributed by atoms with Crippen LogP contribution in [-0.2, 0) is 16.1 Å². The average Bonchev–Trinajstić information content (AvgIpc) is 3.09. The first kappa shape index (κ1) is 22.9. The van der Waals surface area contributed by atoms with Crippen LogP contribution in [0.4, 0.5) is 5.69 Å². The van der Waals surface area contributed by atoms with Crippen LogP contribution in [0.5, 0.6) is 17.2 Å². The Balaban J connectivity index is 1.69. The number of nitrogens with one attached hydrogen (secondary N) is 1. The van der Waals surface area contributed by atoms with E-state index in [1.54, 1.807) is 38.5 Å². The van der Waals surface area contributed by atoms with Gasteiger partial charge in [-0.15, -0.1) is 0 Å². The molecule has 0 atom stereocenters. The normalized spacial score (nSPS) is 13.3. The Bertz CT molecular complexity index is 1240. The second kappa shape index (κ2) is 10.1. The summed E-state index contributed by atoms with van der Waals surface area (Å²) in [6.45, 7) is 2.53. The largest absolute Gasteiger partial charge is 0.494 e. The maximum Gasteiger partial charge on any atom is 0.278 e. The highest BCUT2D eigenvalue weighted by molar-refractivity contribution is 6.36. The number of nitrogens with zero attached hydrogens (tertiary/aromatic N) is 1. The van der Waals surface area contributed by atoms with E-state index in [2.05, 4.69) is 5.32 Å². The second-order valence-electron chi connectivity index (χ2n) is 7.59. The zero-order valence-electron chi connectivity index (χ0n) is 19.3. The van der Waals surface area contributed by atoms with Crippen LogP contribution in [0.2, 0.25) is 0 Å². The average molecular weight is 459 g/mol. The molecule has 0 aliphatic carbocycles. The third-order valence-electron chi connectivity index (χ3n) is 5.43. The molecule has 3 aromatic rings. The van der Waals surface area contributed by atoms with Crippen molar-refractivity contribution in [3.63, 3.8) is 0 Å². The van der Waals surface area contributed by atoms with Gasteiger partial charge in [0.2, 0.25) is 0 Å². The number of anilines is 1. The molecule has 0 spiro atoms. The minimum absolute atomic E-state index is 0.0958. The van der Waals surface area contributed by atoms with Gasteiger partial charge in [-0.05, 0) is 42.3 Å². The summed E-state index contributed by atoms with van der Waals surface area (Å²) < 4.78 is 16.2. The van der Waals surface area contributed by atoms with Crippen LogP contribution in [0.15, 0.2) is 78.5 Å². The lowest BCUT2D eigenvalue weighted by Gasteiger charge is -2.17. The zero-order chi connectivity index (χ0) is 24.1. The number of hydrogen-bond donors (Lipinski definition) is 1. The van der Waals surface area contributed by atoms with Gasteiger partial charge in [-0.25, -0.2) is 0 Å². The minimum Gasteiger partial charge on any atom is -0.494 e. The Kier molecular flexibility index (Phi) is 6.82. The van der Waals surface area contributed by atoms with Gasteiger partial charge in [0.05, 0.1) is 32.9 Å². The maximum atomic E-state index is 13.5. The summed E-state index contributed by atoms with van der Waals surface area (Å²) in [6.07, 6.45) is 0. The lowest BCUT2D eigenvalue weighted by molar-refractivity contribution is -0.137. The molecule has 7 heteroatoms. The Morgan fingerprint density at radius 3 is 2.29 bits per heavy atom. The van der Waals surface area contributed by atoms with E-state index in [4.69, 9.17) is 14.2 Å². The summed E-state index contributed by atoms with van der Waals surface area (Å²) in [6, 6.07) is 21.8. The summed E-state index contributed by atoms with van der Waals surface area (Å²) in [7, 11) is 3.10. The Hall–Kier alpha value is -4.26. The van der Waals surface area contributed by atoms with Crippen LogP contribution in [0.3, 0.4) is 0 Å². The molecule has 0 fully saturated rings. The monoisotopic (exact) mass is 458 g/mol. The van der Waals surface area contributed by atoms with Crippen LogP contribution in [0, 0.1) is 0 Å². The minimum atomic E-state index is -0.402. The highest BCUT2D eigenvalue weighted by Gasteiger charge is 2.39. The highest BCUT2D eigenvalue weighted by atomic mass is 16.5. The van der Waals surface area contributed by atoms with Gasteiger partial charge in [-0.1, -0.05) is 42.5 Å². The van der Waals surface area contributed by atoms with Crippen molar-refractivity contribution in [2.45, 2.75) is 13.5 Å². The molecule has 0 bridgehead atoms. The summed E-state index contributed by atoms with van der Waals surface area (Å²) in [5, 5.41) is 3.17. The molecule has 0 unspecified atom stereocenters. The fraction of sp³-hybridized carbons (Fsp3) is 0.185. The molecule has 34 heavy (non-hydrogen) atoms. The van der Waals surface area contributed by atoms with Gasteiger partial charge >= 0.3 is 0 Å². The van der Waals surface area contributed by atoms with Crippen molar-refractivity contribution in [2.75, 3.05) is 26.1 Å². The van der Waals surface area contributed by atoms with Crippen molar-refractivity contribution in [1.82, 2.24) is 4.90 Å². The van der Waals surface area contributed by atoms with Gasteiger partial charge in [0.25, 0.3) is 11.8 Å². The van der Waals surface area contributed by atoms with Gasteiger partial charge in [-0.3, -0.25) is 14.5 Å². The predicted molar refractivity (Wildman–Crippen MR) is 130 cm³/mol. The molecule has 2 amide bonds.